The quantitative estimate of drug-likeness (QED) is 0.658. The van der Waals surface area contributed by atoms with Gasteiger partial charge in [0.05, 0.1) is 11.7 Å². The van der Waals surface area contributed by atoms with Crippen molar-refractivity contribution in [3.8, 4) is 0 Å². The van der Waals surface area contributed by atoms with Crippen molar-refractivity contribution in [2.45, 2.75) is 38.6 Å². The molecule has 4 N–H and O–H groups in total. The van der Waals surface area contributed by atoms with E-state index in [2.05, 4.69) is 11.7 Å². The summed E-state index contributed by atoms with van der Waals surface area (Å²) in [6.07, 6.45) is 11.3. The van der Waals surface area contributed by atoms with E-state index in [1.165, 1.54) is 0 Å². The lowest BCUT2D eigenvalue weighted by molar-refractivity contribution is 0.258. The summed E-state index contributed by atoms with van der Waals surface area (Å²) in [5, 5.41) is 5.36. The number of benzene rings is 1. The number of aromatic nitrogens is 2. The Morgan fingerprint density at radius 1 is 1.27 bits per heavy atom. The van der Waals surface area contributed by atoms with Crippen LogP contribution in [0.15, 0.2) is 72.1 Å². The van der Waals surface area contributed by atoms with Crippen molar-refractivity contribution in [2.75, 3.05) is 12.3 Å². The van der Waals surface area contributed by atoms with Crippen molar-refractivity contribution < 1.29 is 0 Å². The summed E-state index contributed by atoms with van der Waals surface area (Å²) in [6.45, 7) is 6.32. The topological polar surface area (TPSA) is 86.9 Å². The highest BCUT2D eigenvalue weighted by Gasteiger charge is 2.24. The molecule has 0 radical (unpaired) electrons. The Kier molecular flexibility index (Phi) is 9.58. The van der Waals surface area contributed by atoms with Gasteiger partial charge in [0, 0.05) is 5.02 Å². The Bertz CT molecular complexity index is 926. The zero-order valence-electron chi connectivity index (χ0n) is 17.5. The monoisotopic (exact) mass is 426 g/mol. The second-order valence-electron chi connectivity index (χ2n) is 7.28. The van der Waals surface area contributed by atoms with Gasteiger partial charge in [0.25, 0.3) is 5.56 Å². The Morgan fingerprint density at radius 3 is 2.43 bits per heavy atom. The number of rotatable bonds is 5. The summed E-state index contributed by atoms with van der Waals surface area (Å²) in [7, 11) is 0. The number of anilines is 1. The molecule has 0 saturated heterocycles. The fourth-order valence-corrected chi connectivity index (χ4v) is 3.61. The number of halogens is 1. The van der Waals surface area contributed by atoms with Crippen LogP contribution in [-0.2, 0) is 0 Å². The first-order valence-corrected chi connectivity index (χ1v) is 10.6. The largest absolute Gasteiger partial charge is 0.394 e. The third kappa shape index (κ3) is 6.71. The molecule has 1 fully saturated rings. The fourth-order valence-electron chi connectivity index (χ4n) is 3.46. The first-order chi connectivity index (χ1) is 14.5. The van der Waals surface area contributed by atoms with Crippen LogP contribution in [0.25, 0.3) is 5.57 Å². The Balaban J connectivity index is 0.000000386. The normalized spacial score (nSPS) is 19.2. The van der Waals surface area contributed by atoms with Gasteiger partial charge in [0.2, 0.25) is 0 Å². The van der Waals surface area contributed by atoms with E-state index in [0.29, 0.717) is 18.2 Å². The van der Waals surface area contributed by atoms with E-state index in [0.717, 1.165) is 36.3 Å². The minimum absolute atomic E-state index is 0.106. The van der Waals surface area contributed by atoms with E-state index in [9.17, 15) is 4.79 Å². The van der Waals surface area contributed by atoms with E-state index in [4.69, 9.17) is 23.1 Å². The van der Waals surface area contributed by atoms with Crippen molar-refractivity contribution >= 4 is 22.9 Å². The Morgan fingerprint density at radius 2 is 1.93 bits per heavy atom. The first kappa shape index (κ1) is 23.6. The fraction of sp³-hybridized carbons (Fsp3) is 0.333. The molecule has 0 bridgehead atoms. The number of nitrogen functional groups attached to an aromatic ring is 1. The standard InChI is InChI=1S/C18H26N4O.C6H5Cl/c1-3-5-6-14(4-2)17-11-16(20)18(23)22(21-17)15-9-7-13(12-19)8-10-15;7-6-4-2-1-3-5-6/h3-6,11,13,15H,1,7-10,12,19-20H2,2H3;1-5H/b6-5-,14-4+;. The molecular formula is C24H31ClN4O. The molecule has 3 rings (SSSR count). The highest BCUT2D eigenvalue weighted by atomic mass is 35.5. The third-order valence-electron chi connectivity index (χ3n) is 5.21. The second kappa shape index (κ2) is 12.2. The average molecular weight is 427 g/mol. The van der Waals surface area contributed by atoms with Gasteiger partial charge in [0.15, 0.2) is 0 Å². The summed E-state index contributed by atoms with van der Waals surface area (Å²) in [5.41, 5.74) is 13.3. The maximum Gasteiger partial charge on any atom is 0.290 e. The molecule has 1 saturated carbocycles. The molecule has 1 heterocycles. The minimum Gasteiger partial charge on any atom is -0.394 e. The van der Waals surface area contributed by atoms with Crippen LogP contribution in [0, 0.1) is 5.92 Å². The number of hydrogen-bond acceptors (Lipinski definition) is 4. The van der Waals surface area contributed by atoms with Crippen molar-refractivity contribution in [3.05, 3.63) is 88.4 Å². The zero-order chi connectivity index (χ0) is 21.9. The molecule has 1 aliphatic carbocycles. The molecule has 0 amide bonds. The van der Waals surface area contributed by atoms with Gasteiger partial charge < -0.3 is 11.5 Å². The van der Waals surface area contributed by atoms with Crippen molar-refractivity contribution in [3.63, 3.8) is 0 Å². The van der Waals surface area contributed by atoms with Crippen molar-refractivity contribution in [1.82, 2.24) is 9.78 Å². The predicted molar refractivity (Wildman–Crippen MR) is 127 cm³/mol. The highest BCUT2D eigenvalue weighted by Crippen LogP contribution is 2.30. The van der Waals surface area contributed by atoms with Crippen LogP contribution in [0.4, 0.5) is 5.69 Å². The smallest absolute Gasteiger partial charge is 0.290 e. The van der Waals surface area contributed by atoms with Crippen molar-refractivity contribution in [1.29, 1.82) is 0 Å². The highest BCUT2D eigenvalue weighted by molar-refractivity contribution is 6.30. The summed E-state index contributed by atoms with van der Waals surface area (Å²) >= 11 is 5.54. The van der Waals surface area contributed by atoms with Crippen LogP contribution in [0.3, 0.4) is 0 Å². The number of hydrogen-bond donors (Lipinski definition) is 2. The Labute approximate surface area is 183 Å². The van der Waals surface area contributed by atoms with Gasteiger partial charge in [0.1, 0.15) is 5.69 Å². The van der Waals surface area contributed by atoms with Crippen LogP contribution in [-0.4, -0.2) is 16.3 Å². The van der Waals surface area contributed by atoms with E-state index in [-0.39, 0.29) is 17.3 Å². The molecule has 0 unspecified atom stereocenters. The van der Waals surface area contributed by atoms with E-state index >= 15 is 0 Å². The molecule has 2 aromatic rings. The van der Waals surface area contributed by atoms with Gasteiger partial charge in [-0.1, -0.05) is 60.7 Å². The van der Waals surface area contributed by atoms with Gasteiger partial charge >= 0.3 is 0 Å². The van der Waals surface area contributed by atoms with E-state index < -0.39 is 0 Å². The predicted octanol–water partition coefficient (Wildman–Crippen LogP) is 5.00. The van der Waals surface area contributed by atoms with Crippen LogP contribution in [0.5, 0.6) is 0 Å². The lowest BCUT2D eigenvalue weighted by Gasteiger charge is -2.28. The molecule has 160 valence electrons. The molecule has 1 aromatic heterocycles. The van der Waals surface area contributed by atoms with Gasteiger partial charge in [-0.2, -0.15) is 5.10 Å². The second-order valence-corrected chi connectivity index (χ2v) is 7.72. The average Bonchev–Trinajstić information content (AvgIpc) is 2.77. The summed E-state index contributed by atoms with van der Waals surface area (Å²) in [5.74, 6) is 0.559. The van der Waals surface area contributed by atoms with Crippen LogP contribution in [0.2, 0.25) is 5.02 Å². The summed E-state index contributed by atoms with van der Waals surface area (Å²) < 4.78 is 1.57. The lowest BCUT2D eigenvalue weighted by Crippen LogP contribution is -2.33. The van der Waals surface area contributed by atoms with Gasteiger partial charge in [-0.3, -0.25) is 4.79 Å². The molecule has 6 heteroatoms. The zero-order valence-corrected chi connectivity index (χ0v) is 18.3. The first-order valence-electron chi connectivity index (χ1n) is 10.3. The van der Waals surface area contributed by atoms with Crippen LogP contribution < -0.4 is 17.0 Å². The van der Waals surface area contributed by atoms with E-state index in [1.807, 2.05) is 55.5 Å². The molecule has 1 aromatic carbocycles. The Hall–Kier alpha value is -2.63. The number of nitrogens with zero attached hydrogens (tertiary/aromatic N) is 2. The summed E-state index contributed by atoms with van der Waals surface area (Å²) in [4.78, 5) is 12.4. The number of nitrogens with two attached hydrogens (primary N) is 2. The maximum absolute atomic E-state index is 12.4. The molecule has 1 aliphatic rings. The SMILES string of the molecule is C=C/C=C\C(=C/C)c1cc(N)c(=O)n(C2CCC(CN)CC2)n1.Clc1ccccc1. The van der Waals surface area contributed by atoms with Gasteiger partial charge in [-0.25, -0.2) is 4.68 Å². The van der Waals surface area contributed by atoms with Gasteiger partial charge in [-0.15, -0.1) is 0 Å². The number of allylic oxidation sites excluding steroid dienone is 5. The third-order valence-corrected chi connectivity index (χ3v) is 5.46. The summed E-state index contributed by atoms with van der Waals surface area (Å²) in [6, 6.07) is 11.2. The van der Waals surface area contributed by atoms with Crippen LogP contribution >= 0.6 is 11.6 Å². The molecule has 0 atom stereocenters. The molecule has 0 aliphatic heterocycles. The minimum atomic E-state index is -0.201. The van der Waals surface area contributed by atoms with Crippen molar-refractivity contribution in [2.24, 2.45) is 11.7 Å². The maximum atomic E-state index is 12.4. The molecular weight excluding hydrogens is 396 g/mol. The molecule has 5 nitrogen and oxygen atoms in total. The lowest BCUT2D eigenvalue weighted by atomic mass is 9.86. The van der Waals surface area contributed by atoms with Crippen LogP contribution in [0.1, 0.15) is 44.3 Å². The molecule has 30 heavy (non-hydrogen) atoms. The molecule has 0 spiro atoms. The van der Waals surface area contributed by atoms with E-state index in [1.54, 1.807) is 16.8 Å². The van der Waals surface area contributed by atoms with Gasteiger partial charge in [-0.05, 0) is 68.8 Å².